The van der Waals surface area contributed by atoms with Crippen molar-refractivity contribution in [3.8, 4) is 0 Å². The lowest BCUT2D eigenvalue weighted by Gasteiger charge is -1.95. The monoisotopic (exact) mass is 290 g/mol. The molecule has 0 atom stereocenters. The molecule has 0 aliphatic heterocycles. The van der Waals surface area contributed by atoms with Crippen LogP contribution < -0.4 is 0 Å². The molecule has 102 valence electrons. The van der Waals surface area contributed by atoms with Gasteiger partial charge in [0.1, 0.15) is 6.26 Å². The lowest BCUT2D eigenvalue weighted by molar-refractivity contribution is -0.135. The summed E-state index contributed by atoms with van der Waals surface area (Å²) in [5.74, 6) is -3.33. The van der Waals surface area contributed by atoms with Gasteiger partial charge in [-0.3, -0.25) is 4.79 Å². The van der Waals surface area contributed by atoms with Gasteiger partial charge >= 0.3 is 5.97 Å². The van der Waals surface area contributed by atoms with Gasteiger partial charge in [-0.1, -0.05) is 30.0 Å². The van der Waals surface area contributed by atoms with Crippen LogP contribution in [0.25, 0.3) is 0 Å². The standard InChI is InChI=1S/C14H10O5S/c15-11(7-12(16)14(17)18)13-6-10(8-19-13)20-9-4-2-1-3-5-9/h1-8,16H,(H,17,18)/b12-7-. The van der Waals surface area contributed by atoms with Crippen molar-refractivity contribution in [2.75, 3.05) is 0 Å². The third kappa shape index (κ3) is 3.52. The molecule has 2 N–H and O–H groups in total. The normalized spacial score (nSPS) is 11.3. The van der Waals surface area contributed by atoms with Crippen LogP contribution in [0, 0.1) is 0 Å². The number of ketones is 1. The van der Waals surface area contributed by atoms with E-state index in [1.165, 1.54) is 24.1 Å². The first-order valence-corrected chi connectivity index (χ1v) is 6.37. The number of hydrogen-bond donors (Lipinski definition) is 2. The van der Waals surface area contributed by atoms with E-state index >= 15 is 0 Å². The molecule has 1 aromatic carbocycles. The fourth-order valence-corrected chi connectivity index (χ4v) is 2.21. The molecular weight excluding hydrogens is 280 g/mol. The van der Waals surface area contributed by atoms with Crippen molar-refractivity contribution in [1.82, 2.24) is 0 Å². The predicted octanol–water partition coefficient (Wildman–Crippen LogP) is 3.14. The summed E-state index contributed by atoms with van der Waals surface area (Å²) in [6, 6.07) is 11.0. The van der Waals surface area contributed by atoms with Gasteiger partial charge in [-0.15, -0.1) is 0 Å². The molecule has 20 heavy (non-hydrogen) atoms. The number of aliphatic hydroxyl groups excluding tert-OH is 1. The molecule has 0 bridgehead atoms. The van der Waals surface area contributed by atoms with Crippen LogP contribution in [0.4, 0.5) is 0 Å². The number of carbonyl (C=O) groups is 2. The smallest absolute Gasteiger partial charge is 0.371 e. The van der Waals surface area contributed by atoms with Crippen molar-refractivity contribution in [2.45, 2.75) is 9.79 Å². The summed E-state index contributed by atoms with van der Waals surface area (Å²) < 4.78 is 5.06. The van der Waals surface area contributed by atoms with E-state index in [2.05, 4.69) is 0 Å². The molecule has 5 nitrogen and oxygen atoms in total. The van der Waals surface area contributed by atoms with Gasteiger partial charge in [0, 0.05) is 17.0 Å². The lowest BCUT2D eigenvalue weighted by atomic mass is 10.2. The minimum atomic E-state index is -1.57. The summed E-state index contributed by atoms with van der Waals surface area (Å²) in [6.07, 6.45) is 2.01. The van der Waals surface area contributed by atoms with Crippen LogP contribution in [0.2, 0.25) is 0 Å². The molecule has 2 rings (SSSR count). The van der Waals surface area contributed by atoms with Crippen LogP contribution in [0.1, 0.15) is 10.6 Å². The number of aliphatic carboxylic acids is 1. The summed E-state index contributed by atoms with van der Waals surface area (Å²) in [7, 11) is 0. The fourth-order valence-electron chi connectivity index (χ4n) is 1.38. The second-order valence-electron chi connectivity index (χ2n) is 3.76. The van der Waals surface area contributed by atoms with Crippen LogP contribution in [-0.2, 0) is 4.79 Å². The Morgan fingerprint density at radius 2 is 1.80 bits per heavy atom. The number of hydrogen-bond acceptors (Lipinski definition) is 5. The molecule has 0 fully saturated rings. The Kier molecular flexibility index (Phi) is 4.27. The Bertz CT molecular complexity index is 657. The predicted molar refractivity (Wildman–Crippen MR) is 72.0 cm³/mol. The maximum atomic E-state index is 11.6. The molecule has 0 amide bonds. The highest BCUT2D eigenvalue weighted by Gasteiger charge is 2.13. The summed E-state index contributed by atoms with van der Waals surface area (Å²) in [5.41, 5.74) is 0. The summed E-state index contributed by atoms with van der Waals surface area (Å²) in [6.45, 7) is 0. The highest BCUT2D eigenvalue weighted by Crippen LogP contribution is 2.29. The van der Waals surface area contributed by atoms with Gasteiger partial charge in [0.25, 0.3) is 0 Å². The zero-order chi connectivity index (χ0) is 14.5. The minimum absolute atomic E-state index is 0.0313. The Balaban J connectivity index is 2.11. The third-order valence-electron chi connectivity index (χ3n) is 2.28. The summed E-state index contributed by atoms with van der Waals surface area (Å²) >= 11 is 1.41. The van der Waals surface area contributed by atoms with Crippen molar-refractivity contribution in [3.05, 3.63) is 60.3 Å². The number of benzene rings is 1. The second kappa shape index (κ2) is 6.12. The molecule has 6 heteroatoms. The molecule has 0 aliphatic carbocycles. The van der Waals surface area contributed by atoms with E-state index in [1.54, 1.807) is 0 Å². The van der Waals surface area contributed by atoms with E-state index in [0.29, 0.717) is 11.0 Å². The molecule has 0 radical (unpaired) electrons. The first-order chi connectivity index (χ1) is 9.56. The maximum Gasteiger partial charge on any atom is 0.371 e. The number of carboxylic acid groups (broad SMARTS) is 1. The van der Waals surface area contributed by atoms with Gasteiger partial charge in [-0.05, 0) is 12.1 Å². The lowest BCUT2D eigenvalue weighted by Crippen LogP contribution is -2.03. The quantitative estimate of drug-likeness (QED) is 0.499. The van der Waals surface area contributed by atoms with Crippen molar-refractivity contribution in [3.63, 3.8) is 0 Å². The number of carbonyl (C=O) groups excluding carboxylic acids is 1. The van der Waals surface area contributed by atoms with Crippen molar-refractivity contribution >= 4 is 23.5 Å². The average Bonchev–Trinajstić information content (AvgIpc) is 2.88. The number of aliphatic hydroxyl groups is 1. The third-order valence-corrected chi connectivity index (χ3v) is 3.24. The SMILES string of the molecule is O=C(O)/C(O)=C/C(=O)c1cc(Sc2ccccc2)co1. The van der Waals surface area contributed by atoms with E-state index in [1.807, 2.05) is 30.3 Å². The van der Waals surface area contributed by atoms with E-state index in [-0.39, 0.29) is 5.76 Å². The van der Waals surface area contributed by atoms with Gasteiger partial charge in [-0.2, -0.15) is 0 Å². The Morgan fingerprint density at radius 3 is 2.45 bits per heavy atom. The summed E-state index contributed by atoms with van der Waals surface area (Å²) in [4.78, 5) is 23.7. The van der Waals surface area contributed by atoms with Crippen molar-refractivity contribution < 1.29 is 24.2 Å². The molecule has 0 spiro atoms. The number of rotatable bonds is 5. The first-order valence-electron chi connectivity index (χ1n) is 5.56. The van der Waals surface area contributed by atoms with Gasteiger partial charge in [0.2, 0.25) is 11.5 Å². The Labute approximate surface area is 118 Å². The highest BCUT2D eigenvalue weighted by molar-refractivity contribution is 7.99. The maximum absolute atomic E-state index is 11.6. The van der Waals surface area contributed by atoms with E-state index < -0.39 is 17.5 Å². The molecule has 1 aromatic heterocycles. The van der Waals surface area contributed by atoms with Crippen LogP contribution in [0.5, 0.6) is 0 Å². The molecule has 1 heterocycles. The molecule has 0 saturated heterocycles. The number of carboxylic acids is 1. The average molecular weight is 290 g/mol. The number of allylic oxidation sites excluding steroid dienone is 1. The van der Waals surface area contributed by atoms with Gasteiger partial charge in [-0.25, -0.2) is 4.79 Å². The molecular formula is C14H10O5S. The number of furan rings is 1. The highest BCUT2D eigenvalue weighted by atomic mass is 32.2. The van der Waals surface area contributed by atoms with Gasteiger partial charge in [0.05, 0.1) is 4.90 Å². The second-order valence-corrected chi connectivity index (χ2v) is 4.91. The van der Waals surface area contributed by atoms with E-state index in [4.69, 9.17) is 14.6 Å². The molecule has 0 saturated carbocycles. The van der Waals surface area contributed by atoms with Crippen LogP contribution in [0.3, 0.4) is 0 Å². The van der Waals surface area contributed by atoms with Crippen molar-refractivity contribution in [2.24, 2.45) is 0 Å². The molecule has 0 unspecified atom stereocenters. The fraction of sp³-hybridized carbons (Fsp3) is 0. The Hall–Kier alpha value is -2.47. The van der Waals surface area contributed by atoms with Crippen molar-refractivity contribution in [1.29, 1.82) is 0 Å². The largest absolute Gasteiger partial charge is 0.502 e. The zero-order valence-electron chi connectivity index (χ0n) is 10.1. The van der Waals surface area contributed by atoms with Gasteiger partial charge in [0.15, 0.2) is 5.76 Å². The van der Waals surface area contributed by atoms with E-state index in [0.717, 1.165) is 4.90 Å². The minimum Gasteiger partial charge on any atom is -0.502 e. The molecule has 0 aliphatic rings. The Morgan fingerprint density at radius 1 is 1.10 bits per heavy atom. The van der Waals surface area contributed by atoms with E-state index in [9.17, 15) is 9.59 Å². The zero-order valence-corrected chi connectivity index (χ0v) is 11.0. The topological polar surface area (TPSA) is 87.7 Å². The van der Waals surface area contributed by atoms with Crippen LogP contribution in [0.15, 0.2) is 68.7 Å². The first kappa shape index (κ1) is 14.0. The summed E-state index contributed by atoms with van der Waals surface area (Å²) in [5, 5.41) is 17.5. The van der Waals surface area contributed by atoms with Gasteiger partial charge < -0.3 is 14.6 Å². The van der Waals surface area contributed by atoms with Crippen LogP contribution in [-0.4, -0.2) is 22.0 Å². The van der Waals surface area contributed by atoms with Crippen LogP contribution >= 0.6 is 11.8 Å². The molecule has 2 aromatic rings.